The zero-order valence-corrected chi connectivity index (χ0v) is 17.2. The van der Waals surface area contributed by atoms with Crippen molar-refractivity contribution < 1.29 is 13.2 Å². The van der Waals surface area contributed by atoms with Crippen LogP contribution in [-0.2, 0) is 16.6 Å². The molecule has 1 saturated heterocycles. The van der Waals surface area contributed by atoms with Crippen LogP contribution in [-0.4, -0.2) is 59.5 Å². The minimum Gasteiger partial charge on any atom is -0.335 e. The van der Waals surface area contributed by atoms with Gasteiger partial charge in [-0.15, -0.1) is 11.3 Å². The van der Waals surface area contributed by atoms with E-state index >= 15 is 0 Å². The monoisotopic (exact) mass is 396 g/mol. The number of amides is 1. The van der Waals surface area contributed by atoms with Crippen molar-refractivity contribution in [1.29, 1.82) is 0 Å². The van der Waals surface area contributed by atoms with Gasteiger partial charge in [-0.05, 0) is 44.7 Å². The summed E-state index contributed by atoms with van der Waals surface area (Å²) in [5.41, 5.74) is 2.16. The van der Waals surface area contributed by atoms with Crippen molar-refractivity contribution in [2.45, 2.75) is 39.1 Å². The molecule has 1 aliphatic heterocycles. The number of sulfonamides is 1. The highest BCUT2D eigenvalue weighted by Gasteiger charge is 2.34. The van der Waals surface area contributed by atoms with E-state index in [1.807, 2.05) is 25.3 Å². The number of carbonyl (C=O) groups excluding carboxylic acids is 1. The Hall–Kier alpha value is -1.71. The molecule has 1 amide bonds. The zero-order chi connectivity index (χ0) is 19.1. The average molecular weight is 397 g/mol. The highest BCUT2D eigenvalue weighted by Crippen LogP contribution is 2.25. The number of carbonyl (C=O) groups is 1. The molecule has 9 heteroatoms. The fraction of sp³-hybridized carbons (Fsp3) is 0.529. The number of aryl methyl sites for hydroxylation is 3. The van der Waals surface area contributed by atoms with Crippen molar-refractivity contribution in [2.24, 2.45) is 0 Å². The van der Waals surface area contributed by atoms with Crippen LogP contribution in [0.2, 0.25) is 0 Å². The van der Waals surface area contributed by atoms with Crippen molar-refractivity contribution in [3.63, 3.8) is 0 Å². The molecule has 1 fully saturated rings. The molecule has 0 unspecified atom stereocenters. The van der Waals surface area contributed by atoms with Crippen molar-refractivity contribution >= 4 is 27.3 Å². The van der Waals surface area contributed by atoms with E-state index in [2.05, 4.69) is 5.10 Å². The first kappa shape index (κ1) is 19.1. The molecule has 0 bridgehead atoms. The second-order valence-corrected chi connectivity index (χ2v) is 9.24. The largest absolute Gasteiger partial charge is 0.335 e. The van der Waals surface area contributed by atoms with Gasteiger partial charge in [0, 0.05) is 32.7 Å². The molecule has 0 radical (unpaired) electrons. The van der Waals surface area contributed by atoms with Gasteiger partial charge in [0.05, 0.1) is 16.3 Å². The Bertz CT molecular complexity index is 922. The molecule has 0 spiro atoms. The summed E-state index contributed by atoms with van der Waals surface area (Å²) in [5.74, 6) is -0.0132. The number of thiophene rings is 1. The SMILES string of the molecule is CCn1nc(C)c(S(=O)(=O)N2CCN(C(=O)c3sccc3C)CC2)c1C. The molecule has 0 aromatic carbocycles. The summed E-state index contributed by atoms with van der Waals surface area (Å²) in [5, 5.41) is 6.23. The molecule has 0 saturated carbocycles. The van der Waals surface area contributed by atoms with Gasteiger partial charge in [-0.3, -0.25) is 9.48 Å². The Kier molecular flexibility index (Phi) is 5.23. The van der Waals surface area contributed by atoms with Gasteiger partial charge in [0.15, 0.2) is 0 Å². The molecular weight excluding hydrogens is 372 g/mol. The van der Waals surface area contributed by atoms with Crippen LogP contribution in [0.4, 0.5) is 0 Å². The predicted octanol–water partition coefficient (Wildman–Crippen LogP) is 2.04. The van der Waals surface area contributed by atoms with E-state index in [-0.39, 0.29) is 5.91 Å². The van der Waals surface area contributed by atoms with E-state index in [4.69, 9.17) is 0 Å². The minimum absolute atomic E-state index is 0.0132. The number of hydrogen-bond donors (Lipinski definition) is 0. The first-order chi connectivity index (χ1) is 12.3. The quantitative estimate of drug-likeness (QED) is 0.793. The molecule has 2 aromatic heterocycles. The lowest BCUT2D eigenvalue weighted by atomic mass is 10.2. The Labute approximate surface area is 158 Å². The molecular formula is C17H24N4O3S2. The highest BCUT2D eigenvalue weighted by atomic mass is 32.2. The van der Waals surface area contributed by atoms with Crippen LogP contribution in [0.3, 0.4) is 0 Å². The van der Waals surface area contributed by atoms with Crippen molar-refractivity contribution in [3.8, 4) is 0 Å². The fourth-order valence-corrected chi connectivity index (χ4v) is 6.04. The van der Waals surface area contributed by atoms with E-state index < -0.39 is 10.0 Å². The van der Waals surface area contributed by atoms with E-state index in [9.17, 15) is 13.2 Å². The molecule has 0 atom stereocenters. The Morgan fingerprint density at radius 2 is 1.85 bits per heavy atom. The van der Waals surface area contributed by atoms with E-state index in [1.54, 1.807) is 23.4 Å². The van der Waals surface area contributed by atoms with Crippen LogP contribution >= 0.6 is 11.3 Å². The third-order valence-corrected chi connectivity index (χ3v) is 7.95. The normalized spacial score (nSPS) is 16.2. The van der Waals surface area contributed by atoms with Gasteiger partial charge in [-0.2, -0.15) is 9.40 Å². The van der Waals surface area contributed by atoms with Gasteiger partial charge in [-0.1, -0.05) is 0 Å². The first-order valence-corrected chi connectivity index (χ1v) is 11.0. The summed E-state index contributed by atoms with van der Waals surface area (Å²) in [7, 11) is -3.61. The van der Waals surface area contributed by atoms with Gasteiger partial charge in [0.25, 0.3) is 5.91 Å². The number of rotatable bonds is 4. The summed E-state index contributed by atoms with van der Waals surface area (Å²) >= 11 is 1.43. The van der Waals surface area contributed by atoms with Gasteiger partial charge in [-0.25, -0.2) is 8.42 Å². The Balaban J connectivity index is 1.76. The molecule has 1 aliphatic rings. The lowest BCUT2D eigenvalue weighted by Crippen LogP contribution is -2.50. The van der Waals surface area contributed by atoms with Gasteiger partial charge in [0.2, 0.25) is 10.0 Å². The van der Waals surface area contributed by atoms with Crippen LogP contribution in [0.15, 0.2) is 16.3 Å². The summed E-state index contributed by atoms with van der Waals surface area (Å²) in [6.07, 6.45) is 0. The number of nitrogens with zero attached hydrogens (tertiary/aromatic N) is 4. The van der Waals surface area contributed by atoms with Crippen molar-refractivity contribution in [3.05, 3.63) is 33.3 Å². The van der Waals surface area contributed by atoms with E-state index in [1.165, 1.54) is 15.6 Å². The maximum Gasteiger partial charge on any atom is 0.264 e. The van der Waals surface area contributed by atoms with Crippen LogP contribution in [0.1, 0.15) is 33.5 Å². The average Bonchev–Trinajstić information content (AvgIpc) is 3.17. The first-order valence-electron chi connectivity index (χ1n) is 8.65. The molecule has 26 heavy (non-hydrogen) atoms. The van der Waals surface area contributed by atoms with Crippen LogP contribution in [0.25, 0.3) is 0 Å². The highest BCUT2D eigenvalue weighted by molar-refractivity contribution is 7.89. The molecule has 3 rings (SSSR count). The van der Waals surface area contributed by atoms with Crippen LogP contribution in [0.5, 0.6) is 0 Å². The minimum atomic E-state index is -3.61. The van der Waals surface area contributed by atoms with Gasteiger partial charge < -0.3 is 4.90 Å². The lowest BCUT2D eigenvalue weighted by Gasteiger charge is -2.34. The van der Waals surface area contributed by atoms with Crippen molar-refractivity contribution in [2.75, 3.05) is 26.2 Å². The number of aromatic nitrogens is 2. The molecule has 142 valence electrons. The molecule has 0 N–H and O–H groups in total. The Morgan fingerprint density at radius 1 is 1.19 bits per heavy atom. The molecule has 2 aromatic rings. The second-order valence-electron chi connectivity index (χ2n) is 6.44. The third-order valence-electron chi connectivity index (χ3n) is 4.79. The topological polar surface area (TPSA) is 75.5 Å². The summed E-state index contributed by atoms with van der Waals surface area (Å²) < 4.78 is 29.4. The standard InChI is InChI=1S/C17H24N4O3S2/c1-5-21-14(4)16(13(3)18-21)26(23,24)20-9-7-19(8-10-20)17(22)15-12(2)6-11-25-15/h6,11H,5,7-10H2,1-4H3. The third kappa shape index (κ3) is 3.19. The molecule has 0 aliphatic carbocycles. The number of hydrogen-bond acceptors (Lipinski definition) is 5. The maximum atomic E-state index is 13.1. The van der Waals surface area contributed by atoms with Gasteiger partial charge >= 0.3 is 0 Å². The predicted molar refractivity (Wildman–Crippen MR) is 101 cm³/mol. The lowest BCUT2D eigenvalue weighted by molar-refractivity contribution is 0.0702. The van der Waals surface area contributed by atoms with Crippen LogP contribution in [0, 0.1) is 20.8 Å². The fourth-order valence-electron chi connectivity index (χ4n) is 3.36. The maximum absolute atomic E-state index is 13.1. The summed E-state index contributed by atoms with van der Waals surface area (Å²) in [6.45, 7) is 9.40. The van der Waals surface area contributed by atoms with E-state index in [0.29, 0.717) is 49.0 Å². The number of piperazine rings is 1. The second kappa shape index (κ2) is 7.13. The van der Waals surface area contributed by atoms with E-state index in [0.717, 1.165) is 10.4 Å². The van der Waals surface area contributed by atoms with Crippen molar-refractivity contribution in [1.82, 2.24) is 19.0 Å². The molecule has 7 nitrogen and oxygen atoms in total. The summed E-state index contributed by atoms with van der Waals surface area (Å²) in [4.78, 5) is 15.4. The van der Waals surface area contributed by atoms with Crippen LogP contribution < -0.4 is 0 Å². The summed E-state index contributed by atoms with van der Waals surface area (Å²) in [6, 6.07) is 1.93. The smallest absolute Gasteiger partial charge is 0.264 e. The molecule has 3 heterocycles. The Morgan fingerprint density at radius 3 is 2.35 bits per heavy atom. The zero-order valence-electron chi connectivity index (χ0n) is 15.5. The van der Waals surface area contributed by atoms with Gasteiger partial charge in [0.1, 0.15) is 4.90 Å².